The lowest BCUT2D eigenvalue weighted by Gasteiger charge is -2.26. The topological polar surface area (TPSA) is 77.8 Å². The second-order valence-electron chi connectivity index (χ2n) is 7.59. The summed E-state index contributed by atoms with van der Waals surface area (Å²) in [5.74, 6) is 0.394. The van der Waals surface area contributed by atoms with Gasteiger partial charge >= 0.3 is 0 Å². The number of benzene rings is 1. The van der Waals surface area contributed by atoms with Crippen LogP contribution in [0.15, 0.2) is 35.2 Å². The Kier molecular flexibility index (Phi) is 5.50. The summed E-state index contributed by atoms with van der Waals surface area (Å²) in [5.41, 5.74) is 2.79. The van der Waals surface area contributed by atoms with Crippen molar-refractivity contribution in [3.63, 3.8) is 0 Å². The Hall–Kier alpha value is -2.16. The van der Waals surface area contributed by atoms with Crippen LogP contribution in [0.5, 0.6) is 5.75 Å². The Morgan fingerprint density at radius 3 is 2.41 bits per heavy atom. The van der Waals surface area contributed by atoms with E-state index in [0.29, 0.717) is 43.7 Å². The summed E-state index contributed by atoms with van der Waals surface area (Å²) in [6.45, 7) is 5.45. The van der Waals surface area contributed by atoms with Crippen molar-refractivity contribution in [1.29, 1.82) is 0 Å². The van der Waals surface area contributed by atoms with Crippen molar-refractivity contribution in [2.75, 3.05) is 32.9 Å². The molecule has 0 N–H and O–H groups in total. The maximum Gasteiger partial charge on any atom is 0.243 e. The molecule has 2 aliphatic rings. The smallest absolute Gasteiger partial charge is 0.243 e. The molecule has 1 aromatic carbocycles. The molecule has 8 heteroatoms. The number of rotatable bonds is 7. The highest BCUT2D eigenvalue weighted by molar-refractivity contribution is 7.89. The van der Waals surface area contributed by atoms with Crippen molar-refractivity contribution < 1.29 is 22.7 Å². The van der Waals surface area contributed by atoms with Gasteiger partial charge in [-0.1, -0.05) is 0 Å². The normalized spacial score (nSPS) is 18.0. The number of hydrogen-bond acceptors (Lipinski definition) is 5. The molecule has 2 fully saturated rings. The van der Waals surface area contributed by atoms with Gasteiger partial charge in [-0.05, 0) is 57.0 Å². The van der Waals surface area contributed by atoms with Gasteiger partial charge in [-0.3, -0.25) is 4.79 Å². The average Bonchev–Trinajstić information content (AvgIpc) is 3.51. The van der Waals surface area contributed by atoms with Gasteiger partial charge in [0, 0.05) is 36.1 Å². The lowest BCUT2D eigenvalue weighted by Crippen LogP contribution is -2.40. The van der Waals surface area contributed by atoms with Crippen molar-refractivity contribution in [3.8, 4) is 5.75 Å². The van der Waals surface area contributed by atoms with Crippen LogP contribution in [0.3, 0.4) is 0 Å². The van der Waals surface area contributed by atoms with Crippen molar-refractivity contribution in [2.24, 2.45) is 0 Å². The Labute approximate surface area is 171 Å². The SMILES string of the molecule is Cc1cc(C(=O)COc2ccc(S(=O)(=O)N3CCOCC3)cc2)c(C)n1C1CC1. The number of aromatic nitrogens is 1. The fourth-order valence-electron chi connectivity index (χ4n) is 3.82. The summed E-state index contributed by atoms with van der Waals surface area (Å²) in [4.78, 5) is 12.8. The number of ketones is 1. The second-order valence-corrected chi connectivity index (χ2v) is 9.52. The van der Waals surface area contributed by atoms with Gasteiger partial charge in [0.1, 0.15) is 5.75 Å². The van der Waals surface area contributed by atoms with E-state index in [1.165, 1.54) is 29.3 Å². The molecule has 4 rings (SSSR count). The standard InChI is InChI=1S/C21H26N2O5S/c1-15-13-20(16(2)23(15)17-3-4-17)21(24)14-28-18-5-7-19(8-6-18)29(25,26)22-9-11-27-12-10-22/h5-8,13,17H,3-4,9-12,14H2,1-2H3. The van der Waals surface area contributed by atoms with E-state index in [1.54, 1.807) is 12.1 Å². The summed E-state index contributed by atoms with van der Waals surface area (Å²) < 4.78 is 39.8. The molecule has 1 aliphatic heterocycles. The quantitative estimate of drug-likeness (QED) is 0.646. The van der Waals surface area contributed by atoms with Crippen LogP contribution in [0.4, 0.5) is 0 Å². The third kappa shape index (κ3) is 4.10. The minimum absolute atomic E-state index is 0.0741. The highest BCUT2D eigenvalue weighted by Gasteiger charge is 2.29. The van der Waals surface area contributed by atoms with Crippen molar-refractivity contribution in [2.45, 2.75) is 37.6 Å². The maximum absolute atomic E-state index is 12.7. The second kappa shape index (κ2) is 7.93. The molecule has 0 spiro atoms. The zero-order valence-electron chi connectivity index (χ0n) is 16.8. The molecule has 0 radical (unpaired) electrons. The Balaban J connectivity index is 1.40. The van der Waals surface area contributed by atoms with E-state index >= 15 is 0 Å². The monoisotopic (exact) mass is 418 g/mol. The van der Waals surface area contributed by atoms with Gasteiger partial charge in [-0.2, -0.15) is 4.31 Å². The number of carbonyl (C=O) groups is 1. The first-order valence-electron chi connectivity index (χ1n) is 9.90. The van der Waals surface area contributed by atoms with Crippen molar-refractivity contribution in [1.82, 2.24) is 8.87 Å². The highest BCUT2D eigenvalue weighted by atomic mass is 32.2. The number of morpholine rings is 1. The van der Waals surface area contributed by atoms with E-state index in [9.17, 15) is 13.2 Å². The fraction of sp³-hybridized carbons (Fsp3) is 0.476. The van der Waals surface area contributed by atoms with Crippen LogP contribution in [0.2, 0.25) is 0 Å². The van der Waals surface area contributed by atoms with E-state index in [0.717, 1.165) is 11.4 Å². The first-order chi connectivity index (χ1) is 13.9. The largest absolute Gasteiger partial charge is 0.485 e. The Morgan fingerprint density at radius 2 is 1.79 bits per heavy atom. The summed E-state index contributed by atoms with van der Waals surface area (Å²) in [7, 11) is -3.53. The molecule has 29 heavy (non-hydrogen) atoms. The molecule has 156 valence electrons. The van der Waals surface area contributed by atoms with Crippen LogP contribution in [-0.4, -0.2) is 56.0 Å². The predicted octanol–water partition coefficient (Wildman–Crippen LogP) is 2.72. The third-order valence-electron chi connectivity index (χ3n) is 5.50. The van der Waals surface area contributed by atoms with E-state index in [-0.39, 0.29) is 17.3 Å². The van der Waals surface area contributed by atoms with Gasteiger partial charge in [0.25, 0.3) is 0 Å². The first kappa shape index (κ1) is 20.1. The lowest BCUT2D eigenvalue weighted by atomic mass is 10.1. The summed E-state index contributed by atoms with van der Waals surface area (Å²) in [6, 6.07) is 8.67. The van der Waals surface area contributed by atoms with Crippen molar-refractivity contribution in [3.05, 3.63) is 47.3 Å². The number of carbonyl (C=O) groups excluding carboxylic acids is 1. The van der Waals surface area contributed by atoms with Crippen LogP contribution in [0.25, 0.3) is 0 Å². The Morgan fingerprint density at radius 1 is 1.14 bits per heavy atom. The predicted molar refractivity (Wildman–Crippen MR) is 108 cm³/mol. The van der Waals surface area contributed by atoms with Crippen LogP contribution >= 0.6 is 0 Å². The van der Waals surface area contributed by atoms with E-state index in [4.69, 9.17) is 9.47 Å². The molecule has 0 unspecified atom stereocenters. The molecule has 7 nitrogen and oxygen atoms in total. The molecule has 0 atom stereocenters. The van der Waals surface area contributed by atoms with Gasteiger partial charge in [-0.15, -0.1) is 0 Å². The number of nitrogens with zero attached hydrogens (tertiary/aromatic N) is 2. The summed E-state index contributed by atoms with van der Waals surface area (Å²) in [5, 5.41) is 0. The summed E-state index contributed by atoms with van der Waals surface area (Å²) >= 11 is 0. The average molecular weight is 419 g/mol. The van der Waals surface area contributed by atoms with Crippen LogP contribution in [-0.2, 0) is 14.8 Å². The van der Waals surface area contributed by atoms with Gasteiger partial charge in [0.05, 0.1) is 18.1 Å². The number of aryl methyl sites for hydroxylation is 1. The fourth-order valence-corrected chi connectivity index (χ4v) is 5.23. The van der Waals surface area contributed by atoms with E-state index in [1.807, 2.05) is 19.9 Å². The zero-order valence-corrected chi connectivity index (χ0v) is 17.6. The highest BCUT2D eigenvalue weighted by Crippen LogP contribution is 2.38. The molecule has 2 aromatic rings. The molecule has 2 heterocycles. The number of Topliss-reactive ketones (excluding diaryl/α,β-unsaturated/α-hetero) is 1. The van der Waals surface area contributed by atoms with Crippen LogP contribution in [0.1, 0.15) is 40.6 Å². The van der Waals surface area contributed by atoms with Gasteiger partial charge in [0.15, 0.2) is 6.61 Å². The summed E-state index contributed by atoms with van der Waals surface area (Å²) in [6.07, 6.45) is 2.33. The lowest BCUT2D eigenvalue weighted by molar-refractivity contribution is 0.0730. The van der Waals surface area contributed by atoms with Gasteiger partial charge in [0.2, 0.25) is 15.8 Å². The molecular weight excluding hydrogens is 392 g/mol. The van der Waals surface area contributed by atoms with E-state index < -0.39 is 10.0 Å². The minimum atomic E-state index is -3.53. The number of hydrogen-bond donors (Lipinski definition) is 0. The molecule has 0 amide bonds. The molecule has 1 aromatic heterocycles. The molecule has 0 bridgehead atoms. The molecule has 1 aliphatic carbocycles. The Bertz CT molecular complexity index is 1000. The van der Waals surface area contributed by atoms with Crippen LogP contribution in [0, 0.1) is 13.8 Å². The van der Waals surface area contributed by atoms with Gasteiger partial charge in [-0.25, -0.2) is 8.42 Å². The molecule has 1 saturated heterocycles. The number of sulfonamides is 1. The third-order valence-corrected chi connectivity index (χ3v) is 7.41. The maximum atomic E-state index is 12.7. The van der Waals surface area contributed by atoms with Gasteiger partial charge < -0.3 is 14.0 Å². The minimum Gasteiger partial charge on any atom is -0.485 e. The molecular formula is C21H26N2O5S. The first-order valence-corrected chi connectivity index (χ1v) is 11.3. The van der Waals surface area contributed by atoms with Crippen LogP contribution < -0.4 is 4.74 Å². The zero-order chi connectivity index (χ0) is 20.6. The van der Waals surface area contributed by atoms with Crippen molar-refractivity contribution >= 4 is 15.8 Å². The van der Waals surface area contributed by atoms with E-state index in [2.05, 4.69) is 4.57 Å². The molecule has 1 saturated carbocycles. The number of ether oxygens (including phenoxy) is 2.